The van der Waals surface area contributed by atoms with Crippen molar-refractivity contribution in [3.8, 4) is 0 Å². The number of benzene rings is 1. The van der Waals surface area contributed by atoms with E-state index >= 15 is 0 Å². The SMILES string of the molecule is C[C@H](OC(=O)c1nn(C)c(=O)c2ccccc12)C(=O)N1CCCC1. The molecule has 0 aliphatic carbocycles. The fraction of sp³-hybridized carbons (Fsp3) is 0.412. The molecule has 1 aromatic carbocycles. The zero-order valence-electron chi connectivity index (χ0n) is 13.7. The minimum Gasteiger partial charge on any atom is -0.448 e. The fourth-order valence-electron chi connectivity index (χ4n) is 2.91. The predicted octanol–water partition coefficient (Wildman–Crippen LogP) is 1.10. The molecule has 2 aromatic rings. The summed E-state index contributed by atoms with van der Waals surface area (Å²) in [4.78, 5) is 38.5. The van der Waals surface area contributed by atoms with Crippen LogP contribution in [0.4, 0.5) is 0 Å². The monoisotopic (exact) mass is 329 g/mol. The molecular formula is C17H19N3O4. The van der Waals surface area contributed by atoms with Crippen LogP contribution in [0.1, 0.15) is 30.3 Å². The van der Waals surface area contributed by atoms with E-state index < -0.39 is 12.1 Å². The molecule has 0 radical (unpaired) electrons. The van der Waals surface area contributed by atoms with Gasteiger partial charge in [-0.1, -0.05) is 18.2 Å². The average Bonchev–Trinajstić information content (AvgIpc) is 3.11. The summed E-state index contributed by atoms with van der Waals surface area (Å²) in [5.41, 5.74) is -0.253. The first-order valence-corrected chi connectivity index (χ1v) is 7.95. The van der Waals surface area contributed by atoms with Gasteiger partial charge in [-0.3, -0.25) is 9.59 Å². The molecule has 7 heteroatoms. The third-order valence-electron chi connectivity index (χ3n) is 4.20. The van der Waals surface area contributed by atoms with Gasteiger partial charge in [-0.15, -0.1) is 0 Å². The van der Waals surface area contributed by atoms with E-state index in [1.54, 1.807) is 36.1 Å². The second kappa shape index (κ2) is 6.43. The molecule has 0 saturated carbocycles. The highest BCUT2D eigenvalue weighted by Crippen LogP contribution is 2.16. The highest BCUT2D eigenvalue weighted by molar-refractivity contribution is 6.02. The van der Waals surface area contributed by atoms with Crippen molar-refractivity contribution in [2.75, 3.05) is 13.1 Å². The van der Waals surface area contributed by atoms with Crippen LogP contribution in [0.3, 0.4) is 0 Å². The Hall–Kier alpha value is -2.70. The smallest absolute Gasteiger partial charge is 0.360 e. The summed E-state index contributed by atoms with van der Waals surface area (Å²) >= 11 is 0. The Kier molecular flexibility index (Phi) is 4.33. The molecule has 0 N–H and O–H groups in total. The van der Waals surface area contributed by atoms with E-state index in [1.807, 2.05) is 0 Å². The lowest BCUT2D eigenvalue weighted by molar-refractivity contribution is -0.138. The molecule has 7 nitrogen and oxygen atoms in total. The summed E-state index contributed by atoms with van der Waals surface area (Å²) in [6.45, 7) is 2.95. The number of ether oxygens (including phenoxy) is 1. The zero-order valence-corrected chi connectivity index (χ0v) is 13.7. The summed E-state index contributed by atoms with van der Waals surface area (Å²) in [6.07, 6.45) is 1.06. The van der Waals surface area contributed by atoms with Gasteiger partial charge in [0.1, 0.15) is 0 Å². The van der Waals surface area contributed by atoms with Crippen LogP contribution in [-0.2, 0) is 16.6 Å². The van der Waals surface area contributed by atoms with E-state index in [9.17, 15) is 14.4 Å². The van der Waals surface area contributed by atoms with Crippen LogP contribution < -0.4 is 5.56 Å². The highest BCUT2D eigenvalue weighted by atomic mass is 16.5. The van der Waals surface area contributed by atoms with Gasteiger partial charge in [0.25, 0.3) is 11.5 Å². The van der Waals surface area contributed by atoms with E-state index in [1.165, 1.54) is 7.05 Å². The molecule has 0 bridgehead atoms. The number of hydrogen-bond donors (Lipinski definition) is 0. The third kappa shape index (κ3) is 2.89. The first kappa shape index (κ1) is 16.2. The third-order valence-corrected chi connectivity index (χ3v) is 4.20. The van der Waals surface area contributed by atoms with Crippen LogP contribution in [0.2, 0.25) is 0 Å². The first-order valence-electron chi connectivity index (χ1n) is 7.95. The maximum atomic E-state index is 12.5. The van der Waals surface area contributed by atoms with Crippen molar-refractivity contribution in [1.29, 1.82) is 0 Å². The molecule has 126 valence electrons. The van der Waals surface area contributed by atoms with Gasteiger partial charge in [0.05, 0.1) is 5.39 Å². The topological polar surface area (TPSA) is 81.5 Å². The van der Waals surface area contributed by atoms with Gasteiger partial charge in [0, 0.05) is 25.5 Å². The Bertz CT molecular complexity index is 853. The van der Waals surface area contributed by atoms with Crippen molar-refractivity contribution in [2.24, 2.45) is 7.05 Å². The van der Waals surface area contributed by atoms with Gasteiger partial charge >= 0.3 is 5.97 Å². The maximum Gasteiger partial charge on any atom is 0.360 e. The first-order chi connectivity index (χ1) is 11.5. The van der Waals surface area contributed by atoms with Crippen molar-refractivity contribution in [3.63, 3.8) is 0 Å². The molecule has 1 aliphatic rings. The van der Waals surface area contributed by atoms with Crippen LogP contribution in [-0.4, -0.2) is 45.8 Å². The van der Waals surface area contributed by atoms with E-state index in [2.05, 4.69) is 5.10 Å². The van der Waals surface area contributed by atoms with Gasteiger partial charge in [-0.2, -0.15) is 5.10 Å². The normalized spacial score (nSPS) is 15.5. The lowest BCUT2D eigenvalue weighted by atomic mass is 10.1. The molecular weight excluding hydrogens is 310 g/mol. The van der Waals surface area contributed by atoms with Crippen LogP contribution in [0.5, 0.6) is 0 Å². The summed E-state index contributed by atoms with van der Waals surface area (Å²) in [7, 11) is 1.48. The minimum atomic E-state index is -0.881. The molecule has 24 heavy (non-hydrogen) atoms. The Morgan fingerprint density at radius 1 is 1.17 bits per heavy atom. The number of carbonyl (C=O) groups excluding carboxylic acids is 2. The Labute approximate surface area is 138 Å². The van der Waals surface area contributed by atoms with Crippen LogP contribution in [0.15, 0.2) is 29.1 Å². The quantitative estimate of drug-likeness (QED) is 0.788. The molecule has 2 heterocycles. The molecule has 0 unspecified atom stereocenters. The predicted molar refractivity (Wildman–Crippen MR) is 87.7 cm³/mol. The Morgan fingerprint density at radius 3 is 2.46 bits per heavy atom. The minimum absolute atomic E-state index is 0.0359. The van der Waals surface area contributed by atoms with Crippen LogP contribution >= 0.6 is 0 Å². The van der Waals surface area contributed by atoms with E-state index in [0.29, 0.717) is 23.9 Å². The van der Waals surface area contributed by atoms with Gasteiger partial charge < -0.3 is 9.64 Å². The number of amides is 1. The van der Waals surface area contributed by atoms with Crippen molar-refractivity contribution >= 4 is 22.6 Å². The summed E-state index contributed by atoms with van der Waals surface area (Å²) < 4.78 is 6.41. The van der Waals surface area contributed by atoms with Gasteiger partial charge in [0.2, 0.25) is 0 Å². The molecule has 1 fully saturated rings. The molecule has 1 saturated heterocycles. The Balaban J connectivity index is 1.87. The standard InChI is InChI=1S/C17H19N3O4/c1-11(15(21)20-9-5-6-10-20)24-17(23)14-12-7-3-4-8-13(12)16(22)19(2)18-14/h3-4,7-8,11H,5-6,9-10H2,1-2H3/t11-/m0/s1. The van der Waals surface area contributed by atoms with Crippen molar-refractivity contribution in [2.45, 2.75) is 25.9 Å². The van der Waals surface area contributed by atoms with Gasteiger partial charge in [0.15, 0.2) is 11.8 Å². The highest BCUT2D eigenvalue weighted by Gasteiger charge is 2.27. The van der Waals surface area contributed by atoms with E-state index in [4.69, 9.17) is 4.74 Å². The molecule has 1 atom stereocenters. The molecule has 1 aliphatic heterocycles. The van der Waals surface area contributed by atoms with Gasteiger partial charge in [-0.05, 0) is 25.8 Å². The van der Waals surface area contributed by atoms with Crippen molar-refractivity contribution < 1.29 is 14.3 Å². The zero-order chi connectivity index (χ0) is 17.3. The van der Waals surface area contributed by atoms with Crippen LogP contribution in [0.25, 0.3) is 10.8 Å². The summed E-state index contributed by atoms with van der Waals surface area (Å²) in [5, 5.41) is 4.83. The molecule has 1 aromatic heterocycles. The van der Waals surface area contributed by atoms with Gasteiger partial charge in [-0.25, -0.2) is 9.48 Å². The van der Waals surface area contributed by atoms with Crippen molar-refractivity contribution in [1.82, 2.24) is 14.7 Å². The van der Waals surface area contributed by atoms with E-state index in [0.717, 1.165) is 17.5 Å². The number of esters is 1. The number of carbonyl (C=O) groups is 2. The molecule has 0 spiro atoms. The average molecular weight is 329 g/mol. The number of rotatable bonds is 3. The van der Waals surface area contributed by atoms with Crippen LogP contribution in [0, 0.1) is 0 Å². The molecule has 1 amide bonds. The second-order valence-electron chi connectivity index (χ2n) is 5.90. The number of likely N-dealkylation sites (tertiary alicyclic amines) is 1. The summed E-state index contributed by atoms with van der Waals surface area (Å²) in [5.74, 6) is -0.906. The summed E-state index contributed by atoms with van der Waals surface area (Å²) in [6, 6.07) is 6.72. The number of aromatic nitrogens is 2. The Morgan fingerprint density at radius 2 is 1.79 bits per heavy atom. The molecule has 3 rings (SSSR count). The van der Waals surface area contributed by atoms with Crippen molar-refractivity contribution in [3.05, 3.63) is 40.3 Å². The number of nitrogens with zero attached hydrogens (tertiary/aromatic N) is 3. The number of fused-ring (bicyclic) bond motifs is 1. The largest absolute Gasteiger partial charge is 0.448 e. The lowest BCUT2D eigenvalue weighted by Gasteiger charge is -2.20. The number of aryl methyl sites for hydroxylation is 1. The lowest BCUT2D eigenvalue weighted by Crippen LogP contribution is -2.38. The van der Waals surface area contributed by atoms with E-state index in [-0.39, 0.29) is 17.2 Å². The second-order valence-corrected chi connectivity index (χ2v) is 5.90. The fourth-order valence-corrected chi connectivity index (χ4v) is 2.91. The maximum absolute atomic E-state index is 12.5. The number of hydrogen-bond acceptors (Lipinski definition) is 5.